The van der Waals surface area contributed by atoms with Gasteiger partial charge in [0, 0.05) is 51.9 Å². The third kappa shape index (κ3) is 15.7. The van der Waals surface area contributed by atoms with Crippen molar-refractivity contribution in [3.63, 3.8) is 0 Å². The van der Waals surface area contributed by atoms with Crippen LogP contribution in [0.5, 0.6) is 0 Å². The molecule has 18 heteroatoms. The lowest BCUT2D eigenvalue weighted by Gasteiger charge is -2.48. The van der Waals surface area contributed by atoms with Crippen LogP contribution in [-0.2, 0) is 68.2 Å². The van der Waals surface area contributed by atoms with Gasteiger partial charge in [0.05, 0.1) is 43.5 Å². The highest BCUT2D eigenvalue weighted by molar-refractivity contribution is 5.91. The molecule has 1 aromatic rings. The molecule has 2 fully saturated rings. The Hall–Kier alpha value is -4.11. The number of methoxy groups -OCH3 is 2. The molecule has 0 unspecified atom stereocenters. The number of aldehydes is 1. The summed E-state index contributed by atoms with van der Waals surface area (Å²) in [4.78, 5) is 67.8. The average Bonchev–Trinajstić information content (AvgIpc) is 3.29. The second-order valence-electron chi connectivity index (χ2n) is 18.5. The highest BCUT2D eigenvalue weighted by Gasteiger charge is 2.52. The normalized spacial score (nSPS) is 36.7. The second kappa shape index (κ2) is 27.3. The maximum absolute atomic E-state index is 13.9. The largest absolute Gasteiger partial charge is 0.462 e. The number of esters is 2. The summed E-state index contributed by atoms with van der Waals surface area (Å²) in [5.74, 6) is -4.40. The number of likely N-dealkylation sites (N-methyl/N-ethyl adjacent to an activating group) is 1. The van der Waals surface area contributed by atoms with Crippen molar-refractivity contribution < 1.29 is 76.8 Å². The summed E-state index contributed by atoms with van der Waals surface area (Å²) in [5, 5.41) is 25.4. The monoisotopic (exact) mass is 961 g/mol. The zero-order chi connectivity index (χ0) is 50.2. The Labute approximate surface area is 401 Å². The standard InChI is InChI=1S/C50H76N2O16/c1-12-39-36(27-62-48-47(61-11)46(60-10)42(58)31(5)63-48)24-28(2)18-19-37(55)29(3)25-35(21-23-53)43(30(4)38(56)26-40(57)66-39)67-49-45(65-33(7)54)41(52(8)9)44(32(6)64-49)68-50(59)51-22-20-34-16-14-13-15-17-34/h13-19,23-24,29-32,35-36,38-39,41-49,56,58H,12,20-22,25-27H2,1-11H3,(H,51,59)/b19-18+,28-24+/t29-,30+,31-,32-,35+,36-,38-,39-,41+,42-,43-,44-,45-,46-,47-,48-,49+/m1/s1. The number of hydrogen-bond donors (Lipinski definition) is 3. The van der Waals surface area contributed by atoms with E-state index in [4.69, 9.17) is 42.6 Å². The molecule has 1 amide bonds. The molecule has 4 rings (SSSR count). The summed E-state index contributed by atoms with van der Waals surface area (Å²) < 4.78 is 54.6. The average molecular weight is 961 g/mol. The topological polar surface area (TPSA) is 224 Å². The lowest BCUT2D eigenvalue weighted by atomic mass is 9.79. The van der Waals surface area contributed by atoms with Gasteiger partial charge in [0.25, 0.3) is 0 Å². The first kappa shape index (κ1) is 56.5. The van der Waals surface area contributed by atoms with Gasteiger partial charge in [0.2, 0.25) is 0 Å². The number of carbonyl (C=O) groups is 5. The Kier molecular flexibility index (Phi) is 22.7. The number of hydrogen-bond acceptors (Lipinski definition) is 17. The smallest absolute Gasteiger partial charge is 0.407 e. The molecule has 18 nitrogen and oxygen atoms in total. The van der Waals surface area contributed by atoms with Crippen LogP contribution in [0.4, 0.5) is 4.79 Å². The van der Waals surface area contributed by atoms with Crippen LogP contribution in [0.25, 0.3) is 0 Å². The second-order valence-corrected chi connectivity index (χ2v) is 18.5. The van der Waals surface area contributed by atoms with E-state index in [0.717, 1.165) is 5.56 Å². The maximum atomic E-state index is 13.9. The van der Waals surface area contributed by atoms with E-state index in [1.54, 1.807) is 59.7 Å². The van der Waals surface area contributed by atoms with E-state index < -0.39 is 128 Å². The van der Waals surface area contributed by atoms with Crippen LogP contribution < -0.4 is 5.32 Å². The van der Waals surface area contributed by atoms with Crippen molar-refractivity contribution in [1.82, 2.24) is 10.2 Å². The molecular formula is C50H76N2O16. The number of aliphatic hydroxyl groups excluding tert-OH is 2. The van der Waals surface area contributed by atoms with Crippen LogP contribution in [0.3, 0.4) is 0 Å². The van der Waals surface area contributed by atoms with E-state index in [1.807, 2.05) is 43.3 Å². The Morgan fingerprint density at radius 2 is 1.57 bits per heavy atom. The minimum atomic E-state index is -1.39. The molecule has 0 radical (unpaired) electrons. The number of benzene rings is 1. The molecule has 0 bridgehead atoms. The summed E-state index contributed by atoms with van der Waals surface area (Å²) in [6.45, 7) is 12.0. The van der Waals surface area contributed by atoms with E-state index in [1.165, 1.54) is 27.2 Å². The van der Waals surface area contributed by atoms with Crippen molar-refractivity contribution in [3.8, 4) is 0 Å². The fourth-order valence-electron chi connectivity index (χ4n) is 9.31. The van der Waals surface area contributed by atoms with Crippen molar-refractivity contribution >= 4 is 30.1 Å². The molecule has 3 N–H and O–H groups in total. The molecule has 0 aliphatic carbocycles. The lowest BCUT2D eigenvalue weighted by Crippen LogP contribution is -2.65. The van der Waals surface area contributed by atoms with Gasteiger partial charge >= 0.3 is 18.0 Å². The number of allylic oxidation sites excluding steroid dienone is 3. The van der Waals surface area contributed by atoms with Crippen molar-refractivity contribution in [1.29, 1.82) is 0 Å². The molecule has 3 heterocycles. The van der Waals surface area contributed by atoms with Gasteiger partial charge in [-0.15, -0.1) is 0 Å². The minimum Gasteiger partial charge on any atom is -0.462 e. The van der Waals surface area contributed by atoms with E-state index in [0.29, 0.717) is 31.2 Å². The molecule has 68 heavy (non-hydrogen) atoms. The van der Waals surface area contributed by atoms with Crippen LogP contribution >= 0.6 is 0 Å². The van der Waals surface area contributed by atoms with E-state index in [-0.39, 0.29) is 25.2 Å². The fourth-order valence-corrected chi connectivity index (χ4v) is 9.31. The van der Waals surface area contributed by atoms with Crippen molar-refractivity contribution in [3.05, 3.63) is 59.7 Å². The van der Waals surface area contributed by atoms with Crippen LogP contribution in [0, 0.1) is 23.7 Å². The Balaban J connectivity index is 1.64. The summed E-state index contributed by atoms with van der Waals surface area (Å²) in [5.41, 5.74) is 1.71. The molecule has 1 aromatic carbocycles. The fraction of sp³-hybridized carbons (Fsp3) is 0.700. The number of nitrogens with zero attached hydrogens (tertiary/aromatic N) is 1. The highest BCUT2D eigenvalue weighted by Crippen LogP contribution is 2.36. The molecule has 382 valence electrons. The minimum absolute atomic E-state index is 0.0184. The first-order valence-electron chi connectivity index (χ1n) is 23.7. The van der Waals surface area contributed by atoms with Gasteiger partial charge < -0.3 is 63.0 Å². The van der Waals surface area contributed by atoms with Crippen molar-refractivity contribution in [2.24, 2.45) is 23.7 Å². The molecule has 0 spiro atoms. The van der Waals surface area contributed by atoms with Gasteiger partial charge in [-0.3, -0.25) is 19.3 Å². The first-order chi connectivity index (χ1) is 32.3. The van der Waals surface area contributed by atoms with Gasteiger partial charge in [-0.2, -0.15) is 0 Å². The van der Waals surface area contributed by atoms with Crippen molar-refractivity contribution in [2.45, 2.75) is 160 Å². The molecule has 17 atom stereocenters. The SMILES string of the molecule is CC[C@H]1OC(=O)C[C@@H](O)[C@H](C)[C@@H](O[C@@H]2O[C@H](C)[C@@H](OC(=O)NCCc3ccccc3)[C@H](N(C)C)[C@H]2OC(C)=O)[C@@H](CC=O)C[C@@H](C)C(=O)/C=C/C(C)=C/[C@@H]1CO[C@@H]1O[C@H](C)[C@@H](O)[C@@H](OC)[C@H]1OC. The number of rotatable bonds is 16. The summed E-state index contributed by atoms with van der Waals surface area (Å²) in [7, 11) is 6.39. The van der Waals surface area contributed by atoms with E-state index in [9.17, 15) is 34.2 Å². The molecule has 3 aliphatic heterocycles. The van der Waals surface area contributed by atoms with Crippen LogP contribution in [0.15, 0.2) is 54.1 Å². The lowest BCUT2D eigenvalue weighted by molar-refractivity contribution is -0.306. The summed E-state index contributed by atoms with van der Waals surface area (Å²) in [6.07, 6.45) is -6.11. The van der Waals surface area contributed by atoms with E-state index >= 15 is 0 Å². The molecule has 0 saturated carbocycles. The predicted octanol–water partition coefficient (Wildman–Crippen LogP) is 4.11. The van der Waals surface area contributed by atoms with Gasteiger partial charge in [-0.05, 0) is 71.7 Å². The van der Waals surface area contributed by atoms with Crippen LogP contribution in [-0.4, -0.2) is 166 Å². The number of cyclic esters (lactones) is 1. The number of ether oxygens (including phenoxy) is 9. The van der Waals surface area contributed by atoms with E-state index in [2.05, 4.69) is 5.32 Å². The summed E-state index contributed by atoms with van der Waals surface area (Å²) >= 11 is 0. The third-order valence-corrected chi connectivity index (χ3v) is 13.1. The van der Waals surface area contributed by atoms with Crippen LogP contribution in [0.2, 0.25) is 0 Å². The molecule has 3 aliphatic rings. The number of ketones is 1. The number of alkyl carbamates (subject to hydrolysis) is 1. The number of carbonyl (C=O) groups excluding carboxylic acids is 5. The Morgan fingerprint density at radius 1 is 0.897 bits per heavy atom. The number of aliphatic hydroxyl groups is 2. The quantitative estimate of drug-likeness (QED) is 0.120. The first-order valence-corrected chi connectivity index (χ1v) is 23.7. The molecule has 2 saturated heterocycles. The number of amides is 1. The highest BCUT2D eigenvalue weighted by atomic mass is 16.7. The molecule has 0 aromatic heterocycles. The third-order valence-electron chi connectivity index (χ3n) is 13.1. The van der Waals surface area contributed by atoms with Gasteiger partial charge in [0.15, 0.2) is 24.5 Å². The Bertz CT molecular complexity index is 1830. The van der Waals surface area contributed by atoms with Crippen molar-refractivity contribution in [2.75, 3.05) is 41.5 Å². The zero-order valence-electron chi connectivity index (χ0n) is 41.5. The van der Waals surface area contributed by atoms with Crippen LogP contribution in [0.1, 0.15) is 79.7 Å². The molecular weight excluding hydrogens is 885 g/mol. The Morgan fingerprint density at radius 3 is 2.19 bits per heavy atom. The van der Waals surface area contributed by atoms with Gasteiger partial charge in [0.1, 0.15) is 36.8 Å². The van der Waals surface area contributed by atoms with Gasteiger partial charge in [-0.1, -0.05) is 68.8 Å². The van der Waals surface area contributed by atoms with Gasteiger partial charge in [-0.25, -0.2) is 4.79 Å². The number of nitrogens with one attached hydrogen (secondary N) is 1. The maximum Gasteiger partial charge on any atom is 0.407 e. The summed E-state index contributed by atoms with van der Waals surface area (Å²) in [6, 6.07) is 8.84. The predicted molar refractivity (Wildman–Crippen MR) is 248 cm³/mol. The zero-order valence-corrected chi connectivity index (χ0v) is 41.5.